The smallest absolute Gasteiger partial charge is 0.549 e. The van der Waals surface area contributed by atoms with E-state index in [1.54, 1.807) is 11.7 Å². The van der Waals surface area contributed by atoms with Crippen molar-refractivity contribution in [3.05, 3.63) is 24.0 Å². The molecule has 10 nitrogen and oxygen atoms in total. The number of pyridine rings is 1. The van der Waals surface area contributed by atoms with E-state index < -0.39 is 17.4 Å². The molecule has 1 aromatic rings. The Morgan fingerprint density at radius 3 is 2.13 bits per heavy atom. The molecule has 0 unspecified atom stereocenters. The Morgan fingerprint density at radius 1 is 1.13 bits per heavy atom. The second-order valence-corrected chi connectivity index (χ2v) is 6.69. The second-order valence-electron chi connectivity index (χ2n) is 6.69. The number of aliphatic carboxylic acids is 2. The minimum absolute atomic E-state index is 0. The van der Waals surface area contributed by atoms with E-state index in [0.29, 0.717) is 19.4 Å². The number of carboxylic acids is 2. The number of ether oxygens (including phenoxy) is 1. The van der Waals surface area contributed by atoms with Crippen LogP contribution >= 0.6 is 0 Å². The van der Waals surface area contributed by atoms with Crippen molar-refractivity contribution in [2.45, 2.75) is 58.3 Å². The number of carbonyl (C=O) groups excluding carboxylic acids is 3. The monoisotopic (exact) mass is 606 g/mol. The fraction of sp³-hybridized carbons (Fsp3) is 0.579. The number of carboxylic acid groups (broad SMARTS) is 2. The van der Waals surface area contributed by atoms with E-state index in [-0.39, 0.29) is 46.0 Å². The number of aromatic nitrogens is 1. The van der Waals surface area contributed by atoms with Crippen molar-refractivity contribution in [1.82, 2.24) is 16.6 Å². The van der Waals surface area contributed by atoms with Crippen LogP contribution in [0.15, 0.2) is 18.3 Å². The Balaban J connectivity index is 0. The van der Waals surface area contributed by atoms with Crippen molar-refractivity contribution in [3.8, 4) is 5.75 Å². The molecule has 1 aromatic heterocycles. The van der Waals surface area contributed by atoms with Crippen LogP contribution in [-0.4, -0.2) is 34.6 Å². The third-order valence-electron chi connectivity index (χ3n) is 4.56. The normalized spacial score (nSPS) is 13.1. The van der Waals surface area contributed by atoms with E-state index >= 15 is 0 Å². The summed E-state index contributed by atoms with van der Waals surface area (Å²) in [4.78, 5) is 35.3. The Labute approximate surface area is 190 Å². The molecule has 0 saturated heterocycles. The maximum absolute atomic E-state index is 10.7. The third kappa shape index (κ3) is 10.1. The number of carbonyl (C=O) groups is 3. The molecule has 0 aliphatic heterocycles. The van der Waals surface area contributed by atoms with Gasteiger partial charge >= 0.3 is 21.1 Å². The minimum Gasteiger partial charge on any atom is -0.549 e. The fourth-order valence-corrected chi connectivity index (χ4v) is 2.55. The number of unbranched alkanes of at least 4 members (excludes halogenated alkanes) is 3. The van der Waals surface area contributed by atoms with Gasteiger partial charge in [-0.05, 0) is 44.7 Å². The van der Waals surface area contributed by atoms with Crippen LogP contribution in [0, 0.1) is 12.3 Å². The molecular weight excluding hydrogens is 577 g/mol. The van der Waals surface area contributed by atoms with Crippen molar-refractivity contribution in [2.75, 3.05) is 6.61 Å². The van der Waals surface area contributed by atoms with Crippen molar-refractivity contribution in [1.29, 1.82) is 0 Å². The predicted molar refractivity (Wildman–Crippen MR) is 98.8 cm³/mol. The van der Waals surface area contributed by atoms with Gasteiger partial charge in [0.25, 0.3) is 0 Å². The van der Waals surface area contributed by atoms with Gasteiger partial charge in [-0.1, -0.05) is 19.3 Å². The molecule has 5 N–H and O–H groups in total. The molecule has 0 spiro atoms. The maximum atomic E-state index is 10.7. The van der Waals surface area contributed by atoms with Crippen LogP contribution in [0.25, 0.3) is 0 Å². The number of rotatable bonds is 10. The molecule has 0 radical (unpaired) electrons. The molecule has 1 aliphatic carbocycles. The van der Waals surface area contributed by atoms with Crippen LogP contribution in [0.2, 0.25) is 0 Å². The number of hydroxylamine groups is 1. The Bertz CT molecular complexity index is 636. The SMILES string of the molecule is Cc1ccc(OCCCCCCC(=O)NO)cn1.N.O=C([O-])C1(C(=O)[O-])CCC1.[Pt+2]. The molecule has 0 atom stereocenters. The first-order chi connectivity index (χ1) is 13.3. The zero-order chi connectivity index (χ0) is 21.0. The summed E-state index contributed by atoms with van der Waals surface area (Å²) < 4.78 is 5.53. The summed E-state index contributed by atoms with van der Waals surface area (Å²) in [7, 11) is 0. The molecule has 1 amide bonds. The van der Waals surface area contributed by atoms with Crippen LogP contribution in [0.4, 0.5) is 0 Å². The van der Waals surface area contributed by atoms with Gasteiger partial charge in [0.2, 0.25) is 5.91 Å². The Hall–Kier alpha value is -2.03. The van der Waals surface area contributed by atoms with E-state index in [4.69, 9.17) is 9.94 Å². The van der Waals surface area contributed by atoms with Crippen molar-refractivity contribution < 1.29 is 55.6 Å². The van der Waals surface area contributed by atoms with Gasteiger partial charge in [0.1, 0.15) is 5.75 Å². The van der Waals surface area contributed by atoms with Gasteiger partial charge in [0.05, 0.1) is 24.7 Å². The summed E-state index contributed by atoms with van der Waals surface area (Å²) in [6.45, 7) is 2.60. The summed E-state index contributed by atoms with van der Waals surface area (Å²) >= 11 is 0. The standard InChI is InChI=1S/C13H20N2O3.C6H8O4.H3N.Pt/c1-11-7-8-12(10-14-11)18-9-5-3-2-4-6-13(16)15-17;7-4(8)6(5(9)10)2-1-3-6;;/h7-8,10,17H,2-6,9H2,1H3,(H,15,16);1-3H2,(H,7,8)(H,9,10);1H3;/q;;;+2/p-2. The number of hydrogen-bond donors (Lipinski definition) is 3. The number of amides is 1. The summed E-state index contributed by atoms with van der Waals surface area (Å²) in [5.74, 6) is -2.56. The van der Waals surface area contributed by atoms with E-state index in [1.165, 1.54) is 0 Å². The molecule has 1 saturated carbocycles. The van der Waals surface area contributed by atoms with Crippen LogP contribution in [-0.2, 0) is 35.4 Å². The minimum atomic E-state index is -1.67. The molecule has 0 bridgehead atoms. The number of nitrogens with zero attached hydrogens (tertiary/aromatic N) is 1. The van der Waals surface area contributed by atoms with Gasteiger partial charge in [-0.25, -0.2) is 5.48 Å². The Morgan fingerprint density at radius 2 is 1.73 bits per heavy atom. The summed E-state index contributed by atoms with van der Waals surface area (Å²) in [5, 5.41) is 28.7. The van der Waals surface area contributed by atoms with Crippen molar-refractivity contribution in [2.24, 2.45) is 5.41 Å². The van der Waals surface area contributed by atoms with Crippen LogP contribution in [0.3, 0.4) is 0 Å². The Kier molecular flexibility index (Phi) is 15.8. The molecule has 1 heterocycles. The fourth-order valence-electron chi connectivity index (χ4n) is 2.55. The van der Waals surface area contributed by atoms with Crippen LogP contribution in [0.5, 0.6) is 5.75 Å². The number of nitrogens with one attached hydrogen (secondary N) is 1. The number of aryl methyl sites for hydroxylation is 1. The van der Waals surface area contributed by atoms with Gasteiger partial charge in [0.15, 0.2) is 0 Å². The first-order valence-electron chi connectivity index (χ1n) is 9.23. The summed E-state index contributed by atoms with van der Waals surface area (Å²) in [6, 6.07) is 3.83. The first-order valence-corrected chi connectivity index (χ1v) is 9.23. The molecule has 1 fully saturated rings. The van der Waals surface area contributed by atoms with Crippen LogP contribution in [0.1, 0.15) is 57.1 Å². The molecule has 30 heavy (non-hydrogen) atoms. The predicted octanol–water partition coefficient (Wildman–Crippen LogP) is 0.0407. The molecule has 0 aromatic carbocycles. The number of hydrogen-bond acceptors (Lipinski definition) is 9. The topological polar surface area (TPSA) is 187 Å². The second kappa shape index (κ2) is 15.8. The average molecular weight is 607 g/mol. The molecule has 1 aliphatic rings. The van der Waals surface area contributed by atoms with Crippen molar-refractivity contribution in [3.63, 3.8) is 0 Å². The zero-order valence-electron chi connectivity index (χ0n) is 17.0. The van der Waals surface area contributed by atoms with E-state index in [1.807, 2.05) is 19.1 Å². The zero-order valence-corrected chi connectivity index (χ0v) is 19.2. The van der Waals surface area contributed by atoms with Gasteiger partial charge in [-0.3, -0.25) is 15.0 Å². The van der Waals surface area contributed by atoms with Gasteiger partial charge < -0.3 is 30.7 Å². The molecule has 2 rings (SSSR count). The third-order valence-corrected chi connectivity index (χ3v) is 4.56. The largest absolute Gasteiger partial charge is 2.00 e. The van der Waals surface area contributed by atoms with Gasteiger partial charge in [-0.2, -0.15) is 0 Å². The van der Waals surface area contributed by atoms with E-state index in [0.717, 1.165) is 37.1 Å². The molecule has 172 valence electrons. The average Bonchev–Trinajstić information content (AvgIpc) is 2.61. The maximum Gasteiger partial charge on any atom is 2.00 e. The van der Waals surface area contributed by atoms with Gasteiger partial charge in [0, 0.05) is 17.5 Å². The first kappa shape index (κ1) is 30.2. The van der Waals surface area contributed by atoms with E-state index in [2.05, 4.69) is 4.98 Å². The quantitative estimate of drug-likeness (QED) is 0.143. The van der Waals surface area contributed by atoms with E-state index in [9.17, 15) is 24.6 Å². The van der Waals surface area contributed by atoms with Gasteiger partial charge in [-0.15, -0.1) is 0 Å². The summed E-state index contributed by atoms with van der Waals surface area (Å²) in [6.07, 6.45) is 6.74. The van der Waals surface area contributed by atoms with Crippen LogP contribution < -0.4 is 26.6 Å². The molecule has 11 heteroatoms. The summed E-state index contributed by atoms with van der Waals surface area (Å²) in [5.41, 5.74) is 0.932. The molecular formula is C19H29N3O7Pt. The van der Waals surface area contributed by atoms with Crippen molar-refractivity contribution >= 4 is 17.8 Å².